The molecule has 3 N–H and O–H groups in total. The Labute approximate surface area is 116 Å². The number of ether oxygens (including phenoxy) is 1. The van der Waals surface area contributed by atoms with Crippen molar-refractivity contribution in [3.8, 4) is 0 Å². The molecule has 1 aliphatic carbocycles. The van der Waals surface area contributed by atoms with Crippen LogP contribution in [0.25, 0.3) is 0 Å². The first-order valence-electron chi connectivity index (χ1n) is 7.39. The Bertz CT molecular complexity index is 238. The molecule has 4 heteroatoms. The summed E-state index contributed by atoms with van der Waals surface area (Å²) < 4.78 is 6.16. The lowest BCUT2D eigenvalue weighted by Crippen LogP contribution is -2.49. The number of nitrogens with one attached hydrogen (secondary N) is 1. The second-order valence-corrected chi connectivity index (χ2v) is 6.89. The first-order valence-corrected chi connectivity index (χ1v) is 8.78. The molecule has 0 aromatic rings. The van der Waals surface area contributed by atoms with Gasteiger partial charge in [-0.15, -0.1) is 0 Å². The minimum atomic E-state index is 0.204. The lowest BCUT2D eigenvalue weighted by atomic mass is 9.74. The summed E-state index contributed by atoms with van der Waals surface area (Å²) in [4.78, 5) is 0. The summed E-state index contributed by atoms with van der Waals surface area (Å²) in [6, 6.07) is 0.472. The number of hydrazine groups is 1. The summed E-state index contributed by atoms with van der Waals surface area (Å²) in [5.41, 5.74) is 3.26. The lowest BCUT2D eigenvalue weighted by molar-refractivity contribution is -0.121. The molecule has 0 amide bonds. The highest BCUT2D eigenvalue weighted by molar-refractivity contribution is 7.98. The predicted molar refractivity (Wildman–Crippen MR) is 78.6 cm³/mol. The molecule has 1 saturated carbocycles. The van der Waals surface area contributed by atoms with Gasteiger partial charge >= 0.3 is 0 Å². The van der Waals surface area contributed by atoms with Crippen molar-refractivity contribution in [2.24, 2.45) is 11.8 Å². The average Bonchev–Trinajstić information content (AvgIpc) is 2.41. The molecule has 0 radical (unpaired) electrons. The topological polar surface area (TPSA) is 47.3 Å². The van der Waals surface area contributed by atoms with Crippen LogP contribution in [-0.2, 0) is 4.74 Å². The molecule has 2 unspecified atom stereocenters. The molecule has 2 atom stereocenters. The quantitative estimate of drug-likeness (QED) is 0.597. The summed E-state index contributed by atoms with van der Waals surface area (Å²) in [6.07, 6.45) is 12.4. The van der Waals surface area contributed by atoms with Crippen LogP contribution in [0, 0.1) is 5.92 Å². The molecule has 1 spiro atoms. The maximum atomic E-state index is 6.16. The number of nitrogens with two attached hydrogens (primary N) is 1. The molecule has 106 valence electrons. The maximum Gasteiger partial charge on any atom is 0.0685 e. The third-order valence-corrected chi connectivity index (χ3v) is 5.36. The fraction of sp³-hybridized carbons (Fsp3) is 1.00. The fourth-order valence-electron chi connectivity index (χ4n) is 3.65. The zero-order valence-corrected chi connectivity index (χ0v) is 12.4. The van der Waals surface area contributed by atoms with E-state index in [1.165, 1.54) is 57.1 Å². The van der Waals surface area contributed by atoms with Crippen LogP contribution in [0.15, 0.2) is 0 Å². The van der Waals surface area contributed by atoms with E-state index in [4.69, 9.17) is 10.6 Å². The molecule has 2 rings (SSSR count). The second kappa shape index (κ2) is 7.13. The van der Waals surface area contributed by atoms with Crippen LogP contribution in [0.3, 0.4) is 0 Å². The monoisotopic (exact) mass is 272 g/mol. The Morgan fingerprint density at radius 2 is 2.17 bits per heavy atom. The van der Waals surface area contributed by atoms with Gasteiger partial charge in [-0.2, -0.15) is 11.8 Å². The molecular formula is C14H28N2OS. The predicted octanol–water partition coefficient (Wildman–Crippen LogP) is 2.70. The van der Waals surface area contributed by atoms with Crippen LogP contribution in [0.5, 0.6) is 0 Å². The minimum absolute atomic E-state index is 0.204. The Morgan fingerprint density at radius 3 is 2.83 bits per heavy atom. The fourth-order valence-corrected chi connectivity index (χ4v) is 4.14. The van der Waals surface area contributed by atoms with E-state index in [2.05, 4.69) is 11.7 Å². The number of thioether (sulfide) groups is 1. The van der Waals surface area contributed by atoms with E-state index < -0.39 is 0 Å². The van der Waals surface area contributed by atoms with E-state index in [1.54, 1.807) is 0 Å². The van der Waals surface area contributed by atoms with Gasteiger partial charge in [0.15, 0.2) is 0 Å². The van der Waals surface area contributed by atoms with Crippen molar-refractivity contribution in [1.82, 2.24) is 5.43 Å². The molecule has 0 aromatic carbocycles. The van der Waals surface area contributed by atoms with Crippen LogP contribution >= 0.6 is 11.8 Å². The smallest absolute Gasteiger partial charge is 0.0685 e. The third kappa shape index (κ3) is 3.62. The molecule has 3 nitrogen and oxygen atoms in total. The van der Waals surface area contributed by atoms with Gasteiger partial charge in [-0.3, -0.25) is 11.3 Å². The molecule has 1 aliphatic heterocycles. The molecule has 18 heavy (non-hydrogen) atoms. The Balaban J connectivity index is 1.91. The van der Waals surface area contributed by atoms with Crippen LogP contribution in [0.1, 0.15) is 51.4 Å². The highest BCUT2D eigenvalue weighted by atomic mass is 32.2. The van der Waals surface area contributed by atoms with E-state index in [1.807, 2.05) is 11.8 Å². The Morgan fingerprint density at radius 1 is 1.39 bits per heavy atom. The third-order valence-electron chi connectivity index (χ3n) is 4.71. The van der Waals surface area contributed by atoms with Crippen molar-refractivity contribution in [3.05, 3.63) is 0 Å². The summed E-state index contributed by atoms with van der Waals surface area (Å²) in [6.45, 7) is 0.933. The number of hydrogen-bond donors (Lipinski definition) is 2. The van der Waals surface area contributed by atoms with Gasteiger partial charge in [0, 0.05) is 12.6 Å². The number of hydrogen-bond acceptors (Lipinski definition) is 4. The zero-order valence-electron chi connectivity index (χ0n) is 11.6. The minimum Gasteiger partial charge on any atom is -0.375 e. The van der Waals surface area contributed by atoms with Crippen LogP contribution in [0.2, 0.25) is 0 Å². The zero-order chi connectivity index (χ0) is 12.8. The molecule has 2 aliphatic rings. The van der Waals surface area contributed by atoms with Gasteiger partial charge in [0.2, 0.25) is 0 Å². The molecule has 0 bridgehead atoms. The summed E-state index contributed by atoms with van der Waals surface area (Å²) in [5.74, 6) is 7.66. The highest BCUT2D eigenvalue weighted by Gasteiger charge is 2.40. The molecule has 0 aromatic heterocycles. The maximum absolute atomic E-state index is 6.16. The van der Waals surface area contributed by atoms with Gasteiger partial charge in [-0.25, -0.2) is 0 Å². The van der Waals surface area contributed by atoms with Crippen molar-refractivity contribution >= 4 is 11.8 Å². The van der Waals surface area contributed by atoms with Crippen LogP contribution in [-0.4, -0.2) is 30.3 Å². The van der Waals surface area contributed by atoms with Gasteiger partial charge in [0.1, 0.15) is 0 Å². The van der Waals surface area contributed by atoms with Crippen molar-refractivity contribution < 1.29 is 4.74 Å². The van der Waals surface area contributed by atoms with Crippen molar-refractivity contribution in [2.45, 2.75) is 63.0 Å². The second-order valence-electron chi connectivity index (χ2n) is 5.90. The van der Waals surface area contributed by atoms with E-state index in [9.17, 15) is 0 Å². The van der Waals surface area contributed by atoms with Crippen molar-refractivity contribution in [3.63, 3.8) is 0 Å². The Hall–Kier alpha value is 0.230. The SMILES string of the molecule is CSCCC(NN)C1CCOC2(CCCCC2)C1. The van der Waals surface area contributed by atoms with Crippen molar-refractivity contribution in [2.75, 3.05) is 18.6 Å². The number of rotatable bonds is 5. The van der Waals surface area contributed by atoms with Gasteiger partial charge in [0.25, 0.3) is 0 Å². The summed E-state index contributed by atoms with van der Waals surface area (Å²) >= 11 is 1.91. The van der Waals surface area contributed by atoms with Gasteiger partial charge in [0.05, 0.1) is 5.60 Å². The molecule has 2 fully saturated rings. The first kappa shape index (κ1) is 14.6. The molecular weight excluding hydrogens is 244 g/mol. The van der Waals surface area contributed by atoms with Gasteiger partial charge < -0.3 is 4.74 Å². The van der Waals surface area contributed by atoms with Crippen molar-refractivity contribution in [1.29, 1.82) is 0 Å². The normalized spacial score (nSPS) is 29.3. The average molecular weight is 272 g/mol. The largest absolute Gasteiger partial charge is 0.375 e. The molecule has 1 saturated heterocycles. The van der Waals surface area contributed by atoms with Gasteiger partial charge in [-0.05, 0) is 50.0 Å². The highest BCUT2D eigenvalue weighted by Crippen LogP contribution is 2.41. The summed E-state index contributed by atoms with van der Waals surface area (Å²) in [7, 11) is 0. The summed E-state index contributed by atoms with van der Waals surface area (Å²) in [5, 5.41) is 0. The Kier molecular flexibility index (Phi) is 5.80. The van der Waals surface area contributed by atoms with Crippen LogP contribution < -0.4 is 11.3 Å². The van der Waals surface area contributed by atoms with Gasteiger partial charge in [-0.1, -0.05) is 19.3 Å². The van der Waals surface area contributed by atoms with E-state index in [-0.39, 0.29) is 5.60 Å². The standard InChI is InChI=1S/C14H28N2OS/c1-18-10-6-13(16-15)12-5-9-17-14(11-12)7-3-2-4-8-14/h12-13,16H,2-11,15H2,1H3. The van der Waals surface area contributed by atoms with E-state index >= 15 is 0 Å². The lowest BCUT2D eigenvalue weighted by Gasteiger charge is -2.45. The van der Waals surface area contributed by atoms with E-state index in [0.29, 0.717) is 12.0 Å². The van der Waals surface area contributed by atoms with E-state index in [0.717, 1.165) is 6.61 Å². The van der Waals surface area contributed by atoms with Crippen LogP contribution in [0.4, 0.5) is 0 Å². The first-order chi connectivity index (χ1) is 8.79. The molecule has 1 heterocycles.